The Hall–Kier alpha value is -1.56. The number of rotatable bonds is 3. The number of carbonyl (C=O) groups is 1. The van der Waals surface area contributed by atoms with Crippen LogP contribution in [-0.2, 0) is 4.79 Å². The van der Waals surface area contributed by atoms with Crippen molar-refractivity contribution in [3.8, 4) is 5.75 Å². The van der Waals surface area contributed by atoms with Crippen LogP contribution >= 0.6 is 0 Å². The minimum absolute atomic E-state index is 0.265. The molecule has 6 heteroatoms. The van der Waals surface area contributed by atoms with Gasteiger partial charge in [0.1, 0.15) is 5.75 Å². The lowest BCUT2D eigenvalue weighted by atomic mass is 9.70. The van der Waals surface area contributed by atoms with Gasteiger partial charge < -0.3 is 10.5 Å². The van der Waals surface area contributed by atoms with E-state index in [0.29, 0.717) is 30.0 Å². The number of esters is 1. The molecule has 2 aliphatic rings. The van der Waals surface area contributed by atoms with Crippen LogP contribution in [-0.4, -0.2) is 12.0 Å². The maximum Gasteiger partial charge on any atom is 0.314 e. The maximum atomic E-state index is 13.2. The van der Waals surface area contributed by atoms with Gasteiger partial charge in [-0.25, -0.2) is 13.2 Å². The Labute approximate surface area is 145 Å². The van der Waals surface area contributed by atoms with Gasteiger partial charge in [0.2, 0.25) is 0 Å². The molecule has 25 heavy (non-hydrogen) atoms. The van der Waals surface area contributed by atoms with E-state index < -0.39 is 23.4 Å². The molecule has 2 fully saturated rings. The first-order chi connectivity index (χ1) is 11.9. The van der Waals surface area contributed by atoms with Gasteiger partial charge in [-0.1, -0.05) is 0 Å². The predicted octanol–water partition coefficient (Wildman–Crippen LogP) is 4.33. The van der Waals surface area contributed by atoms with Crippen LogP contribution in [0.4, 0.5) is 13.2 Å². The Kier molecular flexibility index (Phi) is 5.67. The van der Waals surface area contributed by atoms with Crippen LogP contribution in [0.1, 0.15) is 51.4 Å². The molecule has 3 nitrogen and oxygen atoms in total. The van der Waals surface area contributed by atoms with Gasteiger partial charge in [0, 0.05) is 18.2 Å². The van der Waals surface area contributed by atoms with Crippen LogP contribution in [0.2, 0.25) is 0 Å². The zero-order chi connectivity index (χ0) is 18.0. The molecule has 2 aliphatic carbocycles. The minimum Gasteiger partial charge on any atom is -0.426 e. The van der Waals surface area contributed by atoms with Crippen molar-refractivity contribution in [3.63, 3.8) is 0 Å². The first kappa shape index (κ1) is 18.2. The molecular formula is C19H24F3NO2. The van der Waals surface area contributed by atoms with E-state index in [-0.39, 0.29) is 11.7 Å². The fraction of sp³-hybridized carbons (Fsp3) is 0.632. The number of hydrogen-bond acceptors (Lipinski definition) is 3. The quantitative estimate of drug-likeness (QED) is 0.499. The summed E-state index contributed by atoms with van der Waals surface area (Å²) in [6, 6.07) is 1.74. The zero-order valence-electron chi connectivity index (χ0n) is 14.1. The van der Waals surface area contributed by atoms with Crippen LogP contribution < -0.4 is 10.5 Å². The van der Waals surface area contributed by atoms with E-state index in [1.807, 2.05) is 0 Å². The average molecular weight is 355 g/mol. The molecule has 2 N–H and O–H groups in total. The van der Waals surface area contributed by atoms with E-state index in [0.717, 1.165) is 51.4 Å². The van der Waals surface area contributed by atoms with Crippen molar-refractivity contribution in [1.29, 1.82) is 0 Å². The smallest absolute Gasteiger partial charge is 0.314 e. The summed E-state index contributed by atoms with van der Waals surface area (Å²) in [4.78, 5) is 12.2. The Morgan fingerprint density at radius 3 is 1.88 bits per heavy atom. The van der Waals surface area contributed by atoms with E-state index in [9.17, 15) is 18.0 Å². The predicted molar refractivity (Wildman–Crippen MR) is 87.3 cm³/mol. The lowest BCUT2D eigenvalue weighted by Gasteiger charge is -2.36. The molecule has 0 atom stereocenters. The topological polar surface area (TPSA) is 52.3 Å². The maximum absolute atomic E-state index is 13.2. The molecule has 0 unspecified atom stereocenters. The van der Waals surface area contributed by atoms with Crippen molar-refractivity contribution in [2.24, 2.45) is 23.5 Å². The monoisotopic (exact) mass is 355 g/mol. The Morgan fingerprint density at radius 2 is 1.36 bits per heavy atom. The fourth-order valence-corrected chi connectivity index (χ4v) is 4.23. The number of ether oxygens (including phenoxy) is 1. The van der Waals surface area contributed by atoms with E-state index in [1.54, 1.807) is 0 Å². The van der Waals surface area contributed by atoms with Crippen molar-refractivity contribution >= 4 is 5.97 Å². The van der Waals surface area contributed by atoms with Crippen LogP contribution in [0, 0.1) is 35.2 Å². The summed E-state index contributed by atoms with van der Waals surface area (Å²) in [5.74, 6) is -4.01. The highest BCUT2D eigenvalue weighted by Gasteiger charge is 2.33. The number of carbonyl (C=O) groups excluding carboxylic acids is 1. The first-order valence-corrected chi connectivity index (χ1v) is 9.06. The fourth-order valence-electron chi connectivity index (χ4n) is 4.23. The van der Waals surface area contributed by atoms with Gasteiger partial charge in [-0.05, 0) is 63.2 Å². The molecule has 0 bridgehead atoms. The van der Waals surface area contributed by atoms with Crippen molar-refractivity contribution in [3.05, 3.63) is 29.6 Å². The molecule has 0 spiro atoms. The molecule has 138 valence electrons. The second-order valence-corrected chi connectivity index (χ2v) is 7.41. The van der Waals surface area contributed by atoms with E-state index >= 15 is 0 Å². The van der Waals surface area contributed by atoms with Crippen molar-refractivity contribution in [2.45, 2.75) is 57.4 Å². The second-order valence-electron chi connectivity index (χ2n) is 7.41. The molecule has 0 amide bonds. The first-order valence-electron chi connectivity index (χ1n) is 9.06. The summed E-state index contributed by atoms with van der Waals surface area (Å²) < 4.78 is 44.4. The van der Waals surface area contributed by atoms with Gasteiger partial charge in [-0.2, -0.15) is 0 Å². The molecule has 0 heterocycles. The Bertz CT molecular complexity index is 598. The lowest BCUT2D eigenvalue weighted by Crippen LogP contribution is -2.33. The van der Waals surface area contributed by atoms with E-state index in [2.05, 4.69) is 0 Å². The molecule has 2 saturated carbocycles. The number of hydrogen-bond donors (Lipinski definition) is 1. The molecule has 3 rings (SSSR count). The van der Waals surface area contributed by atoms with Gasteiger partial charge in [-0.15, -0.1) is 0 Å². The lowest BCUT2D eigenvalue weighted by molar-refractivity contribution is -0.140. The molecule has 0 radical (unpaired) electrons. The Morgan fingerprint density at radius 1 is 0.880 bits per heavy atom. The Balaban J connectivity index is 1.52. The van der Waals surface area contributed by atoms with Gasteiger partial charge in [0.15, 0.2) is 17.5 Å². The minimum atomic E-state index is -1.56. The van der Waals surface area contributed by atoms with Crippen molar-refractivity contribution in [1.82, 2.24) is 0 Å². The number of benzene rings is 1. The van der Waals surface area contributed by atoms with Crippen LogP contribution in [0.3, 0.4) is 0 Å². The highest BCUT2D eigenvalue weighted by Crippen LogP contribution is 2.40. The molecule has 1 aromatic rings. The number of halogens is 3. The zero-order valence-corrected chi connectivity index (χ0v) is 14.1. The standard InChI is InChI=1S/C19H24F3NO2/c20-16-9-15(10-17(21)18(16)22)25-19(24)13-3-1-11(2-4-13)12-5-7-14(23)8-6-12/h9-14H,1-8,23H2. The van der Waals surface area contributed by atoms with Gasteiger partial charge >= 0.3 is 5.97 Å². The normalized spacial score (nSPS) is 30.1. The highest BCUT2D eigenvalue weighted by atomic mass is 19.2. The summed E-state index contributed by atoms with van der Waals surface area (Å²) in [6.07, 6.45) is 7.85. The molecule has 0 aromatic heterocycles. The van der Waals surface area contributed by atoms with Crippen LogP contribution in [0.25, 0.3) is 0 Å². The van der Waals surface area contributed by atoms with Crippen LogP contribution in [0.5, 0.6) is 5.75 Å². The SMILES string of the molecule is NC1CCC(C2CCC(C(=O)Oc3cc(F)c(F)c(F)c3)CC2)CC1. The second kappa shape index (κ2) is 7.77. The highest BCUT2D eigenvalue weighted by molar-refractivity contribution is 5.75. The van der Waals surface area contributed by atoms with E-state index in [4.69, 9.17) is 10.5 Å². The van der Waals surface area contributed by atoms with Gasteiger partial charge in [0.05, 0.1) is 5.92 Å². The van der Waals surface area contributed by atoms with Crippen molar-refractivity contribution < 1.29 is 22.7 Å². The van der Waals surface area contributed by atoms with Crippen molar-refractivity contribution in [2.75, 3.05) is 0 Å². The van der Waals surface area contributed by atoms with E-state index in [1.165, 1.54) is 0 Å². The average Bonchev–Trinajstić information content (AvgIpc) is 2.60. The van der Waals surface area contributed by atoms with Gasteiger partial charge in [-0.3, -0.25) is 4.79 Å². The summed E-state index contributed by atoms with van der Waals surface area (Å²) in [6.45, 7) is 0. The summed E-state index contributed by atoms with van der Waals surface area (Å²) >= 11 is 0. The number of nitrogens with two attached hydrogens (primary N) is 1. The third-order valence-electron chi connectivity index (χ3n) is 5.76. The summed E-state index contributed by atoms with van der Waals surface area (Å²) in [5.41, 5.74) is 5.95. The van der Waals surface area contributed by atoms with Crippen LogP contribution in [0.15, 0.2) is 12.1 Å². The third kappa shape index (κ3) is 4.35. The molecule has 0 saturated heterocycles. The largest absolute Gasteiger partial charge is 0.426 e. The summed E-state index contributed by atoms with van der Waals surface area (Å²) in [7, 11) is 0. The van der Waals surface area contributed by atoms with Gasteiger partial charge in [0.25, 0.3) is 0 Å². The third-order valence-corrected chi connectivity index (χ3v) is 5.76. The molecule has 1 aromatic carbocycles. The molecule has 0 aliphatic heterocycles. The summed E-state index contributed by atoms with van der Waals surface area (Å²) in [5, 5.41) is 0. The molecular weight excluding hydrogens is 331 g/mol.